The van der Waals surface area contributed by atoms with E-state index in [0.29, 0.717) is 12.8 Å². The quantitative estimate of drug-likeness (QED) is 0.408. The summed E-state index contributed by atoms with van der Waals surface area (Å²) in [6.45, 7) is -0.522. The van der Waals surface area contributed by atoms with Crippen LogP contribution < -0.4 is 10.6 Å². The maximum absolute atomic E-state index is 12.5. The summed E-state index contributed by atoms with van der Waals surface area (Å²) in [5.41, 5.74) is 0.810. The van der Waals surface area contributed by atoms with Gasteiger partial charge < -0.3 is 10.6 Å². The third kappa shape index (κ3) is 4.88. The summed E-state index contributed by atoms with van der Waals surface area (Å²) in [6, 6.07) is 11.7. The van der Waals surface area contributed by atoms with Crippen molar-refractivity contribution in [1.29, 1.82) is 0 Å². The Morgan fingerprint density at radius 1 is 1.21 bits per heavy atom. The number of carbonyl (C=O) groups excluding carboxylic acids is 3. The second-order valence-corrected chi connectivity index (χ2v) is 6.83. The van der Waals surface area contributed by atoms with E-state index in [1.165, 1.54) is 12.1 Å². The maximum atomic E-state index is 12.5. The van der Waals surface area contributed by atoms with Crippen LogP contribution in [0.3, 0.4) is 0 Å². The normalized spacial score (nSPS) is 15.9. The molecule has 9 nitrogen and oxygen atoms in total. The average Bonchev–Trinajstić information content (AvgIpc) is 2.96. The topological polar surface area (TPSA) is 122 Å². The number of nitro benzene ring substituents is 1. The van der Waals surface area contributed by atoms with Crippen LogP contribution >= 0.6 is 11.6 Å². The lowest BCUT2D eigenvalue weighted by Crippen LogP contribution is -2.38. The number of hydrogen-bond acceptors (Lipinski definition) is 5. The van der Waals surface area contributed by atoms with Gasteiger partial charge in [0.15, 0.2) is 0 Å². The van der Waals surface area contributed by atoms with Gasteiger partial charge in [-0.25, -0.2) is 4.79 Å². The number of benzene rings is 2. The summed E-state index contributed by atoms with van der Waals surface area (Å²) in [5.74, 6) is -1.19. The fraction of sp³-hybridized carbons (Fsp3) is 0.211. The zero-order valence-corrected chi connectivity index (χ0v) is 15.9. The average molecular weight is 417 g/mol. The maximum Gasteiger partial charge on any atom is 0.325 e. The molecule has 1 fully saturated rings. The predicted octanol–water partition coefficient (Wildman–Crippen LogP) is 2.74. The lowest BCUT2D eigenvalue weighted by molar-refractivity contribution is -0.384. The van der Waals surface area contributed by atoms with E-state index in [1.807, 2.05) is 30.3 Å². The minimum atomic E-state index is -0.711. The van der Waals surface area contributed by atoms with Crippen molar-refractivity contribution in [3.63, 3.8) is 0 Å². The van der Waals surface area contributed by atoms with Gasteiger partial charge in [-0.1, -0.05) is 41.9 Å². The fourth-order valence-electron chi connectivity index (χ4n) is 2.93. The van der Waals surface area contributed by atoms with Crippen LogP contribution in [0.1, 0.15) is 12.0 Å². The van der Waals surface area contributed by atoms with Crippen LogP contribution in [0.15, 0.2) is 48.5 Å². The highest BCUT2D eigenvalue weighted by molar-refractivity contribution is 6.33. The number of imide groups is 1. The van der Waals surface area contributed by atoms with Gasteiger partial charge >= 0.3 is 6.03 Å². The number of nitrogens with one attached hydrogen (secondary N) is 2. The Hall–Kier alpha value is -3.46. The summed E-state index contributed by atoms with van der Waals surface area (Å²) in [4.78, 5) is 47.9. The Bertz CT molecular complexity index is 966. The third-order valence-electron chi connectivity index (χ3n) is 4.41. The zero-order valence-electron chi connectivity index (χ0n) is 15.1. The highest BCUT2D eigenvalue weighted by Gasteiger charge is 2.38. The molecule has 29 heavy (non-hydrogen) atoms. The number of anilines is 1. The monoisotopic (exact) mass is 416 g/mol. The summed E-state index contributed by atoms with van der Waals surface area (Å²) in [6.07, 6.45) is 1.00. The molecule has 1 saturated heterocycles. The van der Waals surface area contributed by atoms with Gasteiger partial charge in [-0.05, 0) is 24.5 Å². The molecular formula is C19H17ClN4O5. The number of amides is 4. The van der Waals surface area contributed by atoms with E-state index in [9.17, 15) is 24.5 Å². The molecule has 0 saturated carbocycles. The van der Waals surface area contributed by atoms with Gasteiger partial charge in [0, 0.05) is 12.1 Å². The first kappa shape index (κ1) is 20.3. The lowest BCUT2D eigenvalue weighted by Gasteiger charge is -2.13. The van der Waals surface area contributed by atoms with Crippen molar-refractivity contribution < 1.29 is 19.3 Å². The predicted molar refractivity (Wildman–Crippen MR) is 106 cm³/mol. The van der Waals surface area contributed by atoms with Gasteiger partial charge in [0.25, 0.3) is 11.6 Å². The standard InChI is InChI=1S/C19H17ClN4O5/c20-14-8-7-13(24(28)29)10-16(14)21-17(25)11-23-18(26)15(22-19(23)27)9-6-12-4-2-1-3-5-12/h1-5,7-8,10,15H,6,9,11H2,(H,21,25)(H,22,27)/t15-/m0/s1. The Morgan fingerprint density at radius 3 is 2.62 bits per heavy atom. The molecule has 0 aromatic heterocycles. The molecule has 0 unspecified atom stereocenters. The Labute approximate surface area is 170 Å². The van der Waals surface area contributed by atoms with Crippen molar-refractivity contribution in [2.45, 2.75) is 18.9 Å². The van der Waals surface area contributed by atoms with Crippen molar-refractivity contribution in [3.8, 4) is 0 Å². The van der Waals surface area contributed by atoms with E-state index in [1.54, 1.807) is 0 Å². The first-order chi connectivity index (χ1) is 13.8. The van der Waals surface area contributed by atoms with Gasteiger partial charge in [0.05, 0.1) is 15.6 Å². The second kappa shape index (κ2) is 8.70. The van der Waals surface area contributed by atoms with Crippen molar-refractivity contribution in [2.24, 2.45) is 0 Å². The number of nitrogens with zero attached hydrogens (tertiary/aromatic N) is 2. The highest BCUT2D eigenvalue weighted by Crippen LogP contribution is 2.26. The van der Waals surface area contributed by atoms with Crippen molar-refractivity contribution >= 4 is 40.8 Å². The summed E-state index contributed by atoms with van der Waals surface area (Å²) >= 11 is 5.94. The summed E-state index contributed by atoms with van der Waals surface area (Å²) in [7, 11) is 0. The second-order valence-electron chi connectivity index (χ2n) is 6.42. The number of hydrogen-bond donors (Lipinski definition) is 2. The van der Waals surface area contributed by atoms with Gasteiger partial charge in [0.1, 0.15) is 12.6 Å². The molecule has 0 radical (unpaired) electrons. The molecule has 2 aromatic rings. The number of halogens is 1. The third-order valence-corrected chi connectivity index (χ3v) is 4.74. The van der Waals surface area contributed by atoms with Crippen LogP contribution in [0, 0.1) is 10.1 Å². The van der Waals surface area contributed by atoms with Gasteiger partial charge in [0.2, 0.25) is 5.91 Å². The van der Waals surface area contributed by atoms with E-state index >= 15 is 0 Å². The van der Waals surface area contributed by atoms with Crippen LogP contribution in [-0.4, -0.2) is 40.3 Å². The van der Waals surface area contributed by atoms with Crippen molar-refractivity contribution in [3.05, 3.63) is 69.2 Å². The Balaban J connectivity index is 1.60. The van der Waals surface area contributed by atoms with Crippen LogP contribution in [0.5, 0.6) is 0 Å². The Morgan fingerprint density at radius 2 is 1.93 bits per heavy atom. The van der Waals surface area contributed by atoms with E-state index < -0.39 is 35.4 Å². The molecule has 1 heterocycles. The number of urea groups is 1. The molecule has 1 atom stereocenters. The molecule has 150 valence electrons. The highest BCUT2D eigenvalue weighted by atomic mass is 35.5. The van der Waals surface area contributed by atoms with Gasteiger partial charge in [-0.15, -0.1) is 0 Å². The summed E-state index contributed by atoms with van der Waals surface area (Å²) < 4.78 is 0. The van der Waals surface area contributed by atoms with Crippen LogP contribution in [-0.2, 0) is 16.0 Å². The molecule has 2 N–H and O–H groups in total. The molecule has 0 bridgehead atoms. The first-order valence-electron chi connectivity index (χ1n) is 8.74. The lowest BCUT2D eigenvalue weighted by atomic mass is 10.1. The molecule has 10 heteroatoms. The Kier molecular flexibility index (Phi) is 6.08. The molecule has 1 aliphatic heterocycles. The number of rotatable bonds is 7. The van der Waals surface area contributed by atoms with Crippen LogP contribution in [0.25, 0.3) is 0 Å². The minimum absolute atomic E-state index is 0.0264. The minimum Gasteiger partial charge on any atom is -0.326 e. The molecule has 4 amide bonds. The molecule has 2 aromatic carbocycles. The van der Waals surface area contributed by atoms with Gasteiger partial charge in [-0.3, -0.25) is 24.6 Å². The molecule has 1 aliphatic rings. The van der Waals surface area contributed by atoms with Gasteiger partial charge in [-0.2, -0.15) is 0 Å². The number of aryl methyl sites for hydroxylation is 1. The number of non-ortho nitro benzene ring substituents is 1. The molecule has 3 rings (SSSR count). The fourth-order valence-corrected chi connectivity index (χ4v) is 3.10. The van der Waals surface area contributed by atoms with Crippen LogP contribution in [0.2, 0.25) is 5.02 Å². The van der Waals surface area contributed by atoms with Crippen LogP contribution in [0.4, 0.5) is 16.2 Å². The van der Waals surface area contributed by atoms with E-state index in [2.05, 4.69) is 10.6 Å². The SMILES string of the molecule is O=C(CN1C(=O)N[C@@H](CCc2ccccc2)C1=O)Nc1cc([N+](=O)[O-])ccc1Cl. The van der Waals surface area contributed by atoms with Crippen molar-refractivity contribution in [2.75, 3.05) is 11.9 Å². The summed E-state index contributed by atoms with van der Waals surface area (Å²) in [5, 5.41) is 15.9. The van der Waals surface area contributed by atoms with Crippen molar-refractivity contribution in [1.82, 2.24) is 10.2 Å². The smallest absolute Gasteiger partial charge is 0.325 e. The molecule has 0 aliphatic carbocycles. The van der Waals surface area contributed by atoms with E-state index in [0.717, 1.165) is 16.5 Å². The largest absolute Gasteiger partial charge is 0.326 e. The molecular weight excluding hydrogens is 400 g/mol. The van der Waals surface area contributed by atoms with E-state index in [-0.39, 0.29) is 16.4 Å². The number of carbonyl (C=O) groups is 3. The van der Waals surface area contributed by atoms with E-state index in [4.69, 9.17) is 11.6 Å². The number of nitro groups is 1. The first-order valence-corrected chi connectivity index (χ1v) is 9.12. The molecule has 0 spiro atoms. The zero-order chi connectivity index (χ0) is 21.0.